The Kier molecular flexibility index (Phi) is 3.03. The summed E-state index contributed by atoms with van der Waals surface area (Å²) >= 11 is 0. The van der Waals surface area contributed by atoms with E-state index in [4.69, 9.17) is 4.74 Å². The topological polar surface area (TPSA) is 75.3 Å². The second-order valence-electron chi connectivity index (χ2n) is 5.83. The number of nitrogens with zero attached hydrogens (tertiary/aromatic N) is 2. The van der Waals surface area contributed by atoms with Gasteiger partial charge in [-0.05, 0) is 27.7 Å². The van der Waals surface area contributed by atoms with Gasteiger partial charge in [-0.1, -0.05) is 0 Å². The summed E-state index contributed by atoms with van der Waals surface area (Å²) in [6, 6.07) is 0. The first kappa shape index (κ1) is 13.5. The van der Waals surface area contributed by atoms with Gasteiger partial charge in [0, 0.05) is 19.3 Å². The molecule has 0 aliphatic carbocycles. The molecule has 1 fully saturated rings. The highest BCUT2D eigenvalue weighted by atomic mass is 32.2. The van der Waals surface area contributed by atoms with Crippen molar-refractivity contribution < 1.29 is 13.2 Å². The minimum absolute atomic E-state index is 0.191. The molecule has 18 heavy (non-hydrogen) atoms. The second kappa shape index (κ2) is 4.04. The van der Waals surface area contributed by atoms with E-state index in [0.29, 0.717) is 13.1 Å². The van der Waals surface area contributed by atoms with Gasteiger partial charge in [-0.25, -0.2) is 8.42 Å². The van der Waals surface area contributed by atoms with Gasteiger partial charge in [0.25, 0.3) is 0 Å². The third-order valence-electron chi connectivity index (χ3n) is 2.78. The maximum absolute atomic E-state index is 12.4. The molecule has 0 atom stereocenters. The first-order chi connectivity index (χ1) is 8.12. The molecule has 2 heterocycles. The maximum Gasteiger partial charge on any atom is 0.246 e. The van der Waals surface area contributed by atoms with Crippen LogP contribution in [0.4, 0.5) is 0 Å². The summed E-state index contributed by atoms with van der Waals surface area (Å²) in [6.45, 7) is 8.25. The summed E-state index contributed by atoms with van der Waals surface area (Å²) in [5, 5.41) is 6.22. The highest BCUT2D eigenvalue weighted by Crippen LogP contribution is 2.31. The first-order valence-corrected chi connectivity index (χ1v) is 7.26. The SMILES string of the molecule is CC1(C)CN(S(=O)(=O)c2cn[nH]c2)CC(C)(C)O1. The second-order valence-corrected chi connectivity index (χ2v) is 7.77. The van der Waals surface area contributed by atoms with Gasteiger partial charge < -0.3 is 4.74 Å². The molecule has 1 aliphatic rings. The van der Waals surface area contributed by atoms with Gasteiger partial charge in [-0.15, -0.1) is 0 Å². The molecule has 1 N–H and O–H groups in total. The van der Waals surface area contributed by atoms with E-state index in [0.717, 1.165) is 0 Å². The van der Waals surface area contributed by atoms with Crippen LogP contribution in [0, 0.1) is 0 Å². The summed E-state index contributed by atoms with van der Waals surface area (Å²) < 4.78 is 32.2. The van der Waals surface area contributed by atoms with E-state index in [-0.39, 0.29) is 4.90 Å². The van der Waals surface area contributed by atoms with Crippen LogP contribution in [0.5, 0.6) is 0 Å². The molecule has 0 aromatic carbocycles. The van der Waals surface area contributed by atoms with Crippen LogP contribution in [0.3, 0.4) is 0 Å². The van der Waals surface area contributed by atoms with Crippen LogP contribution in [0.15, 0.2) is 17.3 Å². The summed E-state index contributed by atoms with van der Waals surface area (Å²) in [5.41, 5.74) is -1.00. The largest absolute Gasteiger partial charge is 0.367 e. The summed E-state index contributed by atoms with van der Waals surface area (Å²) in [4.78, 5) is 0.191. The fourth-order valence-electron chi connectivity index (χ4n) is 2.42. The first-order valence-electron chi connectivity index (χ1n) is 5.82. The van der Waals surface area contributed by atoms with Crippen molar-refractivity contribution in [3.63, 3.8) is 0 Å². The lowest BCUT2D eigenvalue weighted by Crippen LogP contribution is -2.58. The van der Waals surface area contributed by atoms with Crippen LogP contribution in [-0.4, -0.2) is 47.2 Å². The minimum atomic E-state index is -3.50. The normalized spacial score (nSPS) is 24.0. The van der Waals surface area contributed by atoms with Crippen LogP contribution in [0.25, 0.3) is 0 Å². The number of H-pyrrole nitrogens is 1. The van der Waals surface area contributed by atoms with Crippen LogP contribution in [-0.2, 0) is 14.8 Å². The smallest absolute Gasteiger partial charge is 0.246 e. The van der Waals surface area contributed by atoms with Crippen molar-refractivity contribution in [1.82, 2.24) is 14.5 Å². The van der Waals surface area contributed by atoms with Crippen molar-refractivity contribution in [2.24, 2.45) is 0 Å². The Hall–Kier alpha value is -0.920. The molecule has 7 heteroatoms. The summed E-state index contributed by atoms with van der Waals surface area (Å²) in [6.07, 6.45) is 2.72. The number of hydrogen-bond acceptors (Lipinski definition) is 4. The van der Waals surface area contributed by atoms with Crippen molar-refractivity contribution in [1.29, 1.82) is 0 Å². The molecule has 0 amide bonds. The van der Waals surface area contributed by atoms with E-state index in [9.17, 15) is 8.42 Å². The zero-order chi connectivity index (χ0) is 13.6. The quantitative estimate of drug-likeness (QED) is 0.872. The molecule has 0 saturated carbocycles. The molecule has 0 unspecified atom stereocenters. The minimum Gasteiger partial charge on any atom is -0.367 e. The van der Waals surface area contributed by atoms with Gasteiger partial charge in [0.15, 0.2) is 0 Å². The Morgan fingerprint density at radius 3 is 2.28 bits per heavy atom. The summed E-state index contributed by atoms with van der Waals surface area (Å²) in [7, 11) is -3.50. The highest BCUT2D eigenvalue weighted by Gasteiger charge is 2.43. The lowest BCUT2D eigenvalue weighted by atomic mass is 10.0. The Morgan fingerprint density at radius 1 is 1.28 bits per heavy atom. The van der Waals surface area contributed by atoms with E-state index in [1.807, 2.05) is 27.7 Å². The van der Waals surface area contributed by atoms with E-state index in [1.165, 1.54) is 16.7 Å². The lowest BCUT2D eigenvalue weighted by molar-refractivity contribution is -0.163. The van der Waals surface area contributed by atoms with Gasteiger partial charge in [-0.3, -0.25) is 5.10 Å². The fourth-order valence-corrected chi connectivity index (χ4v) is 4.06. The van der Waals surface area contributed by atoms with Crippen molar-refractivity contribution in [3.8, 4) is 0 Å². The highest BCUT2D eigenvalue weighted by molar-refractivity contribution is 7.89. The number of hydrogen-bond donors (Lipinski definition) is 1. The number of aromatic nitrogens is 2. The average molecular weight is 273 g/mol. The zero-order valence-electron chi connectivity index (χ0n) is 11.1. The zero-order valence-corrected chi connectivity index (χ0v) is 11.9. The van der Waals surface area contributed by atoms with Gasteiger partial charge in [-0.2, -0.15) is 9.40 Å². The lowest BCUT2D eigenvalue weighted by Gasteiger charge is -2.46. The molecule has 1 aliphatic heterocycles. The van der Waals surface area contributed by atoms with E-state index >= 15 is 0 Å². The molecular weight excluding hydrogens is 254 g/mol. The van der Waals surface area contributed by atoms with E-state index in [1.54, 1.807) is 0 Å². The molecule has 0 spiro atoms. The number of morpholine rings is 1. The monoisotopic (exact) mass is 273 g/mol. The number of rotatable bonds is 2. The molecule has 1 aromatic rings. The van der Waals surface area contributed by atoms with E-state index in [2.05, 4.69) is 10.2 Å². The van der Waals surface area contributed by atoms with Gasteiger partial charge >= 0.3 is 0 Å². The maximum atomic E-state index is 12.4. The van der Waals surface area contributed by atoms with Crippen LogP contribution >= 0.6 is 0 Å². The van der Waals surface area contributed by atoms with Crippen molar-refractivity contribution in [2.75, 3.05) is 13.1 Å². The number of nitrogens with one attached hydrogen (secondary N) is 1. The molecule has 2 rings (SSSR count). The Balaban J connectivity index is 2.34. The predicted molar refractivity (Wildman–Crippen MR) is 66.6 cm³/mol. The molecule has 102 valence electrons. The van der Waals surface area contributed by atoms with Crippen LogP contribution in [0.1, 0.15) is 27.7 Å². The molecule has 1 aromatic heterocycles. The molecule has 6 nitrogen and oxygen atoms in total. The van der Waals surface area contributed by atoms with Crippen molar-refractivity contribution in [2.45, 2.75) is 43.8 Å². The fraction of sp³-hybridized carbons (Fsp3) is 0.727. The molecule has 0 radical (unpaired) electrons. The number of sulfonamides is 1. The Morgan fingerprint density at radius 2 is 1.83 bits per heavy atom. The third-order valence-corrected chi connectivity index (χ3v) is 4.53. The van der Waals surface area contributed by atoms with E-state index < -0.39 is 21.2 Å². The van der Waals surface area contributed by atoms with Crippen molar-refractivity contribution in [3.05, 3.63) is 12.4 Å². The summed E-state index contributed by atoms with van der Waals surface area (Å²) in [5.74, 6) is 0. The average Bonchev–Trinajstić information content (AvgIpc) is 2.65. The van der Waals surface area contributed by atoms with Crippen LogP contribution < -0.4 is 0 Å². The molecule has 1 saturated heterocycles. The number of aromatic amines is 1. The predicted octanol–water partition coefficient (Wildman–Crippen LogP) is 0.988. The van der Waals surface area contributed by atoms with Gasteiger partial charge in [0.1, 0.15) is 4.90 Å². The third kappa shape index (κ3) is 2.57. The molecular formula is C11H19N3O3S. The van der Waals surface area contributed by atoms with Gasteiger partial charge in [0.2, 0.25) is 10.0 Å². The standard InChI is InChI=1S/C11H19N3O3S/c1-10(2)7-14(8-11(3,4)17-10)18(15,16)9-5-12-13-6-9/h5-6H,7-8H2,1-4H3,(H,12,13). The number of ether oxygens (including phenoxy) is 1. The molecule has 0 bridgehead atoms. The van der Waals surface area contributed by atoms with Crippen LogP contribution in [0.2, 0.25) is 0 Å². The van der Waals surface area contributed by atoms with Crippen molar-refractivity contribution >= 4 is 10.0 Å². The van der Waals surface area contributed by atoms with Gasteiger partial charge in [0.05, 0.1) is 17.4 Å². The Labute approximate surface area is 107 Å². The Bertz CT molecular complexity index is 504.